The third-order valence-corrected chi connectivity index (χ3v) is 4.95. The van der Waals surface area contributed by atoms with Gasteiger partial charge in [0, 0.05) is 6.42 Å². The number of ether oxygens (including phenoxy) is 1. The topological polar surface area (TPSA) is 55.4 Å². The van der Waals surface area contributed by atoms with E-state index < -0.39 is 6.04 Å². The summed E-state index contributed by atoms with van der Waals surface area (Å²) in [7, 11) is 1.52. The van der Waals surface area contributed by atoms with E-state index in [2.05, 4.69) is 5.32 Å². The second kappa shape index (κ2) is 9.69. The minimum absolute atomic E-state index is 0.0219. The van der Waals surface area contributed by atoms with E-state index in [1.165, 1.54) is 7.11 Å². The Morgan fingerprint density at radius 1 is 0.897 bits per heavy atom. The van der Waals surface area contributed by atoms with Gasteiger partial charge >= 0.3 is 0 Å². The van der Waals surface area contributed by atoms with Crippen molar-refractivity contribution in [3.8, 4) is 5.75 Å². The molecule has 0 bridgehead atoms. The van der Waals surface area contributed by atoms with E-state index in [1.54, 1.807) is 24.3 Å². The van der Waals surface area contributed by atoms with Gasteiger partial charge in [0.1, 0.15) is 5.75 Å². The Kier molecular flexibility index (Phi) is 6.80. The van der Waals surface area contributed by atoms with E-state index in [1.807, 2.05) is 61.5 Å². The Labute approximate surface area is 171 Å². The fourth-order valence-electron chi connectivity index (χ4n) is 3.28. The Hall–Kier alpha value is -3.40. The normalized spacial score (nSPS) is 11.5. The summed E-state index contributed by atoms with van der Waals surface area (Å²) in [6, 6.07) is 23.9. The van der Waals surface area contributed by atoms with Gasteiger partial charge in [0.05, 0.1) is 18.7 Å². The second-order valence-corrected chi connectivity index (χ2v) is 6.99. The van der Waals surface area contributed by atoms with Crippen molar-refractivity contribution in [3.05, 3.63) is 101 Å². The van der Waals surface area contributed by atoms with E-state index in [9.17, 15) is 9.59 Å². The Morgan fingerprint density at radius 2 is 1.55 bits per heavy atom. The number of hydrogen-bond acceptors (Lipinski definition) is 3. The molecule has 0 heterocycles. The molecule has 3 rings (SSSR count). The lowest BCUT2D eigenvalue weighted by Crippen LogP contribution is -2.43. The molecule has 3 aromatic carbocycles. The zero-order chi connectivity index (χ0) is 20.6. The first-order valence-electron chi connectivity index (χ1n) is 9.63. The van der Waals surface area contributed by atoms with Crippen LogP contribution in [-0.2, 0) is 17.6 Å². The second-order valence-electron chi connectivity index (χ2n) is 6.99. The van der Waals surface area contributed by atoms with E-state index in [4.69, 9.17) is 4.74 Å². The minimum Gasteiger partial charge on any atom is -0.496 e. The third kappa shape index (κ3) is 5.32. The first-order valence-corrected chi connectivity index (χ1v) is 9.63. The van der Waals surface area contributed by atoms with Gasteiger partial charge < -0.3 is 10.1 Å². The van der Waals surface area contributed by atoms with Crippen LogP contribution in [-0.4, -0.2) is 24.8 Å². The van der Waals surface area contributed by atoms with Gasteiger partial charge in [-0.3, -0.25) is 9.59 Å². The summed E-state index contributed by atoms with van der Waals surface area (Å²) in [5.41, 5.74) is 3.45. The molecule has 1 unspecified atom stereocenters. The molecular weight excluding hydrogens is 362 g/mol. The van der Waals surface area contributed by atoms with Crippen LogP contribution in [0.2, 0.25) is 0 Å². The zero-order valence-corrected chi connectivity index (χ0v) is 16.7. The highest BCUT2D eigenvalue weighted by Gasteiger charge is 2.23. The molecule has 29 heavy (non-hydrogen) atoms. The Balaban J connectivity index is 1.83. The average molecular weight is 387 g/mol. The number of carbonyl (C=O) groups is 2. The van der Waals surface area contributed by atoms with Crippen molar-refractivity contribution in [2.24, 2.45) is 0 Å². The summed E-state index contributed by atoms with van der Waals surface area (Å²) in [4.78, 5) is 26.1. The molecule has 0 saturated heterocycles. The number of nitrogens with one attached hydrogen (secondary N) is 1. The molecule has 1 amide bonds. The smallest absolute Gasteiger partial charge is 0.255 e. The monoisotopic (exact) mass is 387 g/mol. The molecule has 0 fully saturated rings. The maximum Gasteiger partial charge on any atom is 0.255 e. The number of carbonyl (C=O) groups excluding carboxylic acids is 2. The molecule has 0 aliphatic heterocycles. The molecule has 148 valence electrons. The van der Waals surface area contributed by atoms with Crippen molar-refractivity contribution in [2.75, 3.05) is 7.11 Å². The summed E-state index contributed by atoms with van der Waals surface area (Å²) >= 11 is 0. The van der Waals surface area contributed by atoms with Crippen molar-refractivity contribution in [1.82, 2.24) is 5.32 Å². The van der Waals surface area contributed by atoms with Crippen LogP contribution in [0.15, 0.2) is 78.9 Å². The van der Waals surface area contributed by atoms with Gasteiger partial charge in [-0.1, -0.05) is 66.7 Å². The highest BCUT2D eigenvalue weighted by molar-refractivity contribution is 6.00. The summed E-state index contributed by atoms with van der Waals surface area (Å²) < 4.78 is 5.29. The zero-order valence-electron chi connectivity index (χ0n) is 16.7. The largest absolute Gasteiger partial charge is 0.496 e. The first kappa shape index (κ1) is 20.3. The van der Waals surface area contributed by atoms with Crippen molar-refractivity contribution >= 4 is 11.7 Å². The van der Waals surface area contributed by atoms with Gasteiger partial charge in [-0.05, 0) is 42.2 Å². The fourth-order valence-corrected chi connectivity index (χ4v) is 3.28. The summed E-state index contributed by atoms with van der Waals surface area (Å²) in [6.45, 7) is 1.99. The van der Waals surface area contributed by atoms with E-state index in [-0.39, 0.29) is 18.1 Å². The molecule has 0 spiro atoms. The number of benzene rings is 3. The van der Waals surface area contributed by atoms with Gasteiger partial charge in [-0.25, -0.2) is 0 Å². The van der Waals surface area contributed by atoms with Crippen LogP contribution in [0, 0.1) is 6.92 Å². The van der Waals surface area contributed by atoms with Crippen molar-refractivity contribution < 1.29 is 14.3 Å². The number of hydrogen-bond donors (Lipinski definition) is 1. The van der Waals surface area contributed by atoms with Gasteiger partial charge in [0.15, 0.2) is 5.78 Å². The molecule has 4 nitrogen and oxygen atoms in total. The number of aryl methyl sites for hydroxylation is 1. The van der Waals surface area contributed by atoms with Crippen molar-refractivity contribution in [1.29, 1.82) is 0 Å². The van der Waals surface area contributed by atoms with Crippen molar-refractivity contribution in [2.45, 2.75) is 25.8 Å². The Morgan fingerprint density at radius 3 is 2.28 bits per heavy atom. The minimum atomic E-state index is -0.630. The molecule has 1 atom stereocenters. The lowest BCUT2D eigenvalue weighted by molar-refractivity contribution is -0.120. The highest BCUT2D eigenvalue weighted by Crippen LogP contribution is 2.18. The lowest BCUT2D eigenvalue weighted by atomic mass is 9.95. The molecule has 1 N–H and O–H groups in total. The summed E-state index contributed by atoms with van der Waals surface area (Å²) in [5.74, 6) is 0.141. The summed E-state index contributed by atoms with van der Waals surface area (Å²) in [6.07, 6.45) is 0.711. The maximum absolute atomic E-state index is 13.1. The molecular formula is C25H25NO3. The number of rotatable bonds is 8. The molecule has 0 aliphatic rings. The molecule has 3 aromatic rings. The molecule has 0 saturated carbocycles. The van der Waals surface area contributed by atoms with Crippen molar-refractivity contribution in [3.63, 3.8) is 0 Å². The average Bonchev–Trinajstić information content (AvgIpc) is 2.75. The van der Waals surface area contributed by atoms with Gasteiger partial charge in [0.25, 0.3) is 5.91 Å². The molecule has 0 aromatic heterocycles. The highest BCUT2D eigenvalue weighted by atomic mass is 16.5. The molecule has 4 heteroatoms. The van der Waals surface area contributed by atoms with Crippen LogP contribution >= 0.6 is 0 Å². The van der Waals surface area contributed by atoms with Crippen LogP contribution in [0.1, 0.15) is 27.0 Å². The first-order chi connectivity index (χ1) is 14.1. The van der Waals surface area contributed by atoms with Crippen LogP contribution in [0.3, 0.4) is 0 Å². The van der Waals surface area contributed by atoms with Crippen LogP contribution in [0.25, 0.3) is 0 Å². The van der Waals surface area contributed by atoms with E-state index in [0.717, 1.165) is 16.7 Å². The summed E-state index contributed by atoms with van der Waals surface area (Å²) in [5, 5.41) is 2.93. The Bertz CT molecular complexity index is 982. The number of methoxy groups -OCH3 is 1. The van der Waals surface area contributed by atoms with Crippen LogP contribution < -0.4 is 10.1 Å². The van der Waals surface area contributed by atoms with Gasteiger partial charge in [0.2, 0.25) is 0 Å². The number of ketones is 1. The van der Waals surface area contributed by atoms with E-state index >= 15 is 0 Å². The standard InChI is InChI=1S/C25H25NO3/c1-18-10-6-7-13-20(18)17-23(27)22(16-19-11-4-3-5-12-19)26-25(28)21-14-8-9-15-24(21)29-2/h3-15,22H,16-17H2,1-2H3,(H,26,28). The van der Waals surface area contributed by atoms with Gasteiger partial charge in [-0.2, -0.15) is 0 Å². The fraction of sp³-hybridized carbons (Fsp3) is 0.200. The van der Waals surface area contributed by atoms with Crippen LogP contribution in [0.5, 0.6) is 5.75 Å². The number of para-hydroxylation sites is 1. The lowest BCUT2D eigenvalue weighted by Gasteiger charge is -2.19. The third-order valence-electron chi connectivity index (χ3n) is 4.95. The van der Waals surface area contributed by atoms with E-state index in [0.29, 0.717) is 17.7 Å². The number of amides is 1. The SMILES string of the molecule is COc1ccccc1C(=O)NC(Cc1ccccc1)C(=O)Cc1ccccc1C. The quantitative estimate of drug-likeness (QED) is 0.632. The predicted octanol–water partition coefficient (Wildman–Crippen LogP) is 4.16. The predicted molar refractivity (Wildman–Crippen MR) is 114 cm³/mol. The number of Topliss-reactive ketones (excluding diaryl/α,β-unsaturated/α-hetero) is 1. The molecule has 0 radical (unpaired) electrons. The molecule has 0 aliphatic carbocycles. The maximum atomic E-state index is 13.1. The van der Waals surface area contributed by atoms with Gasteiger partial charge in [-0.15, -0.1) is 0 Å². The van der Waals surface area contributed by atoms with Crippen LogP contribution in [0.4, 0.5) is 0 Å².